The van der Waals surface area contributed by atoms with Crippen molar-refractivity contribution in [2.45, 2.75) is 13.3 Å². The van der Waals surface area contributed by atoms with Crippen molar-refractivity contribution < 1.29 is 8.42 Å². The standard InChI is InChI=1S/C12H18N2O2S/c1-9-6-11(13)2-3-12(9)14-7-10-4-5-17(15,16)8-10/h2-3,6,10,14H,4-5,7-8,13H2,1H3. The molecule has 0 spiro atoms. The van der Waals surface area contributed by atoms with Crippen LogP contribution in [0.25, 0.3) is 0 Å². The molecule has 1 saturated heterocycles. The molecule has 1 aliphatic rings. The molecule has 0 amide bonds. The van der Waals surface area contributed by atoms with Gasteiger partial charge in [0.1, 0.15) is 0 Å². The van der Waals surface area contributed by atoms with E-state index in [1.807, 2.05) is 25.1 Å². The number of hydrogen-bond donors (Lipinski definition) is 2. The summed E-state index contributed by atoms with van der Waals surface area (Å²) in [5.41, 5.74) is 8.54. The maximum absolute atomic E-state index is 11.3. The predicted octanol–water partition coefficient (Wildman–Crippen LogP) is 1.42. The van der Waals surface area contributed by atoms with E-state index in [0.717, 1.165) is 23.4 Å². The molecule has 1 aromatic rings. The molecule has 0 bridgehead atoms. The lowest BCUT2D eigenvalue weighted by molar-refractivity contribution is 0.596. The van der Waals surface area contributed by atoms with Gasteiger partial charge in [0.25, 0.3) is 0 Å². The molecule has 0 aromatic heterocycles. The fraction of sp³-hybridized carbons (Fsp3) is 0.500. The third kappa shape index (κ3) is 3.12. The topological polar surface area (TPSA) is 72.2 Å². The van der Waals surface area contributed by atoms with E-state index in [9.17, 15) is 8.42 Å². The normalized spacial score (nSPS) is 22.5. The van der Waals surface area contributed by atoms with Crippen molar-refractivity contribution in [3.63, 3.8) is 0 Å². The van der Waals surface area contributed by atoms with Crippen LogP contribution < -0.4 is 11.1 Å². The first kappa shape index (κ1) is 12.2. The van der Waals surface area contributed by atoms with E-state index in [-0.39, 0.29) is 5.92 Å². The Labute approximate surface area is 102 Å². The minimum absolute atomic E-state index is 0.233. The van der Waals surface area contributed by atoms with Gasteiger partial charge in [0, 0.05) is 17.9 Å². The third-order valence-corrected chi connectivity index (χ3v) is 5.00. The van der Waals surface area contributed by atoms with Crippen molar-refractivity contribution in [3.05, 3.63) is 23.8 Å². The molecule has 1 fully saturated rings. The van der Waals surface area contributed by atoms with Crippen LogP contribution in [0, 0.1) is 12.8 Å². The lowest BCUT2D eigenvalue weighted by Crippen LogP contribution is -2.16. The number of aryl methyl sites for hydroxylation is 1. The fourth-order valence-electron chi connectivity index (χ4n) is 2.17. The minimum Gasteiger partial charge on any atom is -0.399 e. The van der Waals surface area contributed by atoms with Gasteiger partial charge < -0.3 is 11.1 Å². The van der Waals surface area contributed by atoms with Crippen molar-refractivity contribution in [1.82, 2.24) is 0 Å². The lowest BCUT2D eigenvalue weighted by Gasteiger charge is -2.13. The van der Waals surface area contributed by atoms with Gasteiger partial charge >= 0.3 is 0 Å². The third-order valence-electron chi connectivity index (χ3n) is 3.16. The lowest BCUT2D eigenvalue weighted by atomic mass is 10.1. The Bertz CT molecular complexity index is 511. The Morgan fingerprint density at radius 3 is 2.82 bits per heavy atom. The molecule has 1 atom stereocenters. The number of nitrogen functional groups attached to an aromatic ring is 1. The van der Waals surface area contributed by atoms with Gasteiger partial charge in [-0.3, -0.25) is 0 Å². The summed E-state index contributed by atoms with van der Waals surface area (Å²) >= 11 is 0. The van der Waals surface area contributed by atoms with Crippen LogP contribution in [0.1, 0.15) is 12.0 Å². The summed E-state index contributed by atoms with van der Waals surface area (Å²) < 4.78 is 22.6. The molecule has 0 saturated carbocycles. The summed E-state index contributed by atoms with van der Waals surface area (Å²) in [5, 5.41) is 3.30. The number of benzene rings is 1. The van der Waals surface area contributed by atoms with Crippen LogP contribution >= 0.6 is 0 Å². The van der Waals surface area contributed by atoms with Gasteiger partial charge in [-0.1, -0.05) is 0 Å². The maximum atomic E-state index is 11.3. The highest BCUT2D eigenvalue weighted by atomic mass is 32.2. The molecular weight excluding hydrogens is 236 g/mol. The first-order valence-electron chi connectivity index (χ1n) is 5.77. The van der Waals surface area contributed by atoms with E-state index >= 15 is 0 Å². The summed E-state index contributed by atoms with van der Waals surface area (Å²) in [5.74, 6) is 0.880. The van der Waals surface area contributed by atoms with Gasteiger partial charge in [-0.05, 0) is 43.0 Å². The quantitative estimate of drug-likeness (QED) is 0.800. The summed E-state index contributed by atoms with van der Waals surface area (Å²) in [6.07, 6.45) is 0.767. The van der Waals surface area contributed by atoms with Crippen LogP contribution in [-0.2, 0) is 9.84 Å². The Morgan fingerprint density at radius 1 is 1.47 bits per heavy atom. The molecule has 3 N–H and O–H groups in total. The van der Waals surface area contributed by atoms with Crippen LogP contribution in [0.4, 0.5) is 11.4 Å². The van der Waals surface area contributed by atoms with Crippen LogP contribution in [0.15, 0.2) is 18.2 Å². The summed E-state index contributed by atoms with van der Waals surface area (Å²) in [7, 11) is -2.78. The van der Waals surface area contributed by atoms with Gasteiger partial charge in [0.2, 0.25) is 0 Å². The number of hydrogen-bond acceptors (Lipinski definition) is 4. The number of nitrogens with two attached hydrogens (primary N) is 1. The second-order valence-corrected chi connectivity index (χ2v) is 6.95. The monoisotopic (exact) mass is 254 g/mol. The summed E-state index contributed by atoms with van der Waals surface area (Å²) in [6.45, 7) is 2.70. The van der Waals surface area contributed by atoms with Gasteiger partial charge in [0.15, 0.2) is 9.84 Å². The van der Waals surface area contributed by atoms with Crippen molar-refractivity contribution in [2.24, 2.45) is 5.92 Å². The molecule has 17 heavy (non-hydrogen) atoms. The number of rotatable bonds is 3. The summed E-state index contributed by atoms with van der Waals surface area (Å²) in [6, 6.07) is 5.70. The zero-order valence-electron chi connectivity index (χ0n) is 9.94. The number of anilines is 2. The van der Waals surface area contributed by atoms with Crippen LogP contribution in [0.2, 0.25) is 0 Å². The molecule has 94 valence electrons. The van der Waals surface area contributed by atoms with Crippen molar-refractivity contribution >= 4 is 21.2 Å². The van der Waals surface area contributed by atoms with Crippen LogP contribution in [-0.4, -0.2) is 26.5 Å². The molecule has 1 aliphatic heterocycles. The van der Waals surface area contributed by atoms with Gasteiger partial charge in [-0.25, -0.2) is 8.42 Å². The number of sulfone groups is 1. The molecular formula is C12H18N2O2S. The first-order valence-corrected chi connectivity index (χ1v) is 7.59. The molecule has 2 rings (SSSR count). The molecule has 0 aliphatic carbocycles. The smallest absolute Gasteiger partial charge is 0.150 e. The fourth-order valence-corrected chi connectivity index (χ4v) is 4.03. The van der Waals surface area contributed by atoms with Crippen LogP contribution in [0.5, 0.6) is 0 Å². The molecule has 4 nitrogen and oxygen atoms in total. The molecule has 1 aromatic carbocycles. The average Bonchev–Trinajstić information content (AvgIpc) is 2.57. The average molecular weight is 254 g/mol. The van der Waals surface area contributed by atoms with Crippen molar-refractivity contribution in [3.8, 4) is 0 Å². The maximum Gasteiger partial charge on any atom is 0.150 e. The van der Waals surface area contributed by atoms with E-state index < -0.39 is 9.84 Å². The molecule has 0 radical (unpaired) electrons. The van der Waals surface area contributed by atoms with E-state index in [0.29, 0.717) is 18.1 Å². The minimum atomic E-state index is -2.78. The Balaban J connectivity index is 1.95. The van der Waals surface area contributed by atoms with Gasteiger partial charge in [-0.2, -0.15) is 0 Å². The highest BCUT2D eigenvalue weighted by Gasteiger charge is 2.27. The predicted molar refractivity (Wildman–Crippen MR) is 70.8 cm³/mol. The molecule has 1 unspecified atom stereocenters. The van der Waals surface area contributed by atoms with Gasteiger partial charge in [0.05, 0.1) is 11.5 Å². The zero-order chi connectivity index (χ0) is 12.5. The van der Waals surface area contributed by atoms with Gasteiger partial charge in [-0.15, -0.1) is 0 Å². The van der Waals surface area contributed by atoms with Crippen molar-refractivity contribution in [2.75, 3.05) is 29.1 Å². The van der Waals surface area contributed by atoms with E-state index in [2.05, 4.69) is 5.32 Å². The molecule has 1 heterocycles. The van der Waals surface area contributed by atoms with E-state index in [1.165, 1.54) is 0 Å². The first-order chi connectivity index (χ1) is 7.96. The SMILES string of the molecule is Cc1cc(N)ccc1NCC1CCS(=O)(=O)C1. The Hall–Kier alpha value is -1.23. The number of nitrogens with one attached hydrogen (secondary N) is 1. The highest BCUT2D eigenvalue weighted by Crippen LogP contribution is 2.21. The second-order valence-electron chi connectivity index (χ2n) is 4.72. The molecule has 5 heteroatoms. The second kappa shape index (κ2) is 4.56. The van der Waals surface area contributed by atoms with Crippen molar-refractivity contribution in [1.29, 1.82) is 0 Å². The summed E-state index contributed by atoms with van der Waals surface area (Å²) in [4.78, 5) is 0. The largest absolute Gasteiger partial charge is 0.399 e. The highest BCUT2D eigenvalue weighted by molar-refractivity contribution is 7.91. The zero-order valence-corrected chi connectivity index (χ0v) is 10.8. The van der Waals surface area contributed by atoms with Crippen LogP contribution in [0.3, 0.4) is 0 Å². The van der Waals surface area contributed by atoms with E-state index in [1.54, 1.807) is 0 Å². The Kier molecular flexibility index (Phi) is 3.28. The Morgan fingerprint density at radius 2 is 2.24 bits per heavy atom. The van der Waals surface area contributed by atoms with E-state index in [4.69, 9.17) is 5.73 Å².